The summed E-state index contributed by atoms with van der Waals surface area (Å²) >= 11 is 0. The molecule has 156 valence electrons. The molecule has 7 nitrogen and oxygen atoms in total. The van der Waals surface area contributed by atoms with E-state index in [4.69, 9.17) is 4.74 Å². The van der Waals surface area contributed by atoms with Crippen LogP contribution in [0.25, 0.3) is 5.69 Å². The quantitative estimate of drug-likeness (QED) is 0.489. The molecule has 0 amide bonds. The monoisotopic (exact) mass is 404 g/mol. The highest BCUT2D eigenvalue weighted by atomic mass is 16.5. The summed E-state index contributed by atoms with van der Waals surface area (Å²) in [4.78, 5) is 6.78. The fraction of sp³-hybridized carbons (Fsp3) is 0.304. The Morgan fingerprint density at radius 3 is 2.70 bits per heavy atom. The predicted octanol–water partition coefficient (Wildman–Crippen LogP) is 2.82. The lowest BCUT2D eigenvalue weighted by Crippen LogP contribution is -2.44. The van der Waals surface area contributed by atoms with Gasteiger partial charge in [-0.3, -0.25) is 4.99 Å². The normalized spacial score (nSPS) is 16.5. The van der Waals surface area contributed by atoms with Gasteiger partial charge in [-0.2, -0.15) is 5.10 Å². The average Bonchev–Trinajstić information content (AvgIpc) is 3.49. The largest absolute Gasteiger partial charge is 0.495 e. The van der Waals surface area contributed by atoms with Crippen molar-refractivity contribution >= 4 is 11.6 Å². The van der Waals surface area contributed by atoms with Crippen molar-refractivity contribution in [3.8, 4) is 11.4 Å². The number of anilines is 1. The fourth-order valence-electron chi connectivity index (χ4n) is 3.85. The van der Waals surface area contributed by atoms with E-state index in [0.29, 0.717) is 12.6 Å². The SMILES string of the molecule is CN=C(NCc1ccccc1-n1cccn1)NC1CCN(c2ccccc2OC)C1. The molecular weight excluding hydrogens is 376 g/mol. The van der Waals surface area contributed by atoms with E-state index < -0.39 is 0 Å². The maximum absolute atomic E-state index is 5.52. The first-order valence-corrected chi connectivity index (χ1v) is 10.2. The number of rotatable bonds is 6. The van der Waals surface area contributed by atoms with Crippen LogP contribution in [0.2, 0.25) is 0 Å². The van der Waals surface area contributed by atoms with Crippen molar-refractivity contribution in [2.75, 3.05) is 32.1 Å². The van der Waals surface area contributed by atoms with Crippen LogP contribution in [0.5, 0.6) is 5.75 Å². The van der Waals surface area contributed by atoms with Crippen molar-refractivity contribution in [3.05, 3.63) is 72.6 Å². The molecule has 2 heterocycles. The van der Waals surface area contributed by atoms with Gasteiger partial charge < -0.3 is 20.3 Å². The Morgan fingerprint density at radius 1 is 1.13 bits per heavy atom. The zero-order valence-corrected chi connectivity index (χ0v) is 17.5. The van der Waals surface area contributed by atoms with E-state index in [1.54, 1.807) is 13.3 Å². The first kappa shape index (κ1) is 19.8. The van der Waals surface area contributed by atoms with Crippen LogP contribution < -0.4 is 20.3 Å². The molecular formula is C23H28N6O. The summed E-state index contributed by atoms with van der Waals surface area (Å²) < 4.78 is 7.40. The van der Waals surface area contributed by atoms with E-state index in [2.05, 4.69) is 49.9 Å². The van der Waals surface area contributed by atoms with Gasteiger partial charge in [0.25, 0.3) is 0 Å². The number of nitrogens with zero attached hydrogens (tertiary/aromatic N) is 4. The Hall–Kier alpha value is -3.48. The Bertz CT molecular complexity index is 985. The summed E-state index contributed by atoms with van der Waals surface area (Å²) in [6.45, 7) is 2.56. The van der Waals surface area contributed by atoms with Crippen LogP contribution in [0.1, 0.15) is 12.0 Å². The average molecular weight is 405 g/mol. The van der Waals surface area contributed by atoms with E-state index in [-0.39, 0.29) is 0 Å². The summed E-state index contributed by atoms with van der Waals surface area (Å²) in [6, 6.07) is 18.7. The van der Waals surface area contributed by atoms with Crippen molar-refractivity contribution < 1.29 is 4.74 Å². The molecule has 0 saturated carbocycles. The molecule has 2 aromatic carbocycles. The number of benzene rings is 2. The highest BCUT2D eigenvalue weighted by molar-refractivity contribution is 5.80. The maximum atomic E-state index is 5.52. The second kappa shape index (κ2) is 9.35. The molecule has 1 aliphatic heterocycles. The highest BCUT2D eigenvalue weighted by Gasteiger charge is 2.25. The minimum absolute atomic E-state index is 0.322. The van der Waals surface area contributed by atoms with Crippen LogP contribution in [0.3, 0.4) is 0 Å². The van der Waals surface area contributed by atoms with Gasteiger partial charge in [0.15, 0.2) is 5.96 Å². The molecule has 1 aromatic heterocycles. The van der Waals surface area contributed by atoms with E-state index in [1.165, 1.54) is 0 Å². The minimum atomic E-state index is 0.322. The first-order chi connectivity index (χ1) is 14.8. The number of aromatic nitrogens is 2. The summed E-state index contributed by atoms with van der Waals surface area (Å²) in [7, 11) is 3.53. The smallest absolute Gasteiger partial charge is 0.191 e. The maximum Gasteiger partial charge on any atom is 0.191 e. The molecule has 2 N–H and O–H groups in total. The van der Waals surface area contributed by atoms with E-state index in [0.717, 1.165) is 48.2 Å². The number of hydrogen-bond donors (Lipinski definition) is 2. The van der Waals surface area contributed by atoms with Gasteiger partial charge in [0.1, 0.15) is 5.75 Å². The molecule has 1 saturated heterocycles. The van der Waals surface area contributed by atoms with Gasteiger partial charge in [-0.1, -0.05) is 30.3 Å². The lowest BCUT2D eigenvalue weighted by Gasteiger charge is -2.22. The summed E-state index contributed by atoms with van der Waals surface area (Å²) in [5, 5.41) is 11.4. The number of hydrogen-bond acceptors (Lipinski definition) is 4. The van der Waals surface area contributed by atoms with Crippen LogP contribution in [0, 0.1) is 0 Å². The second-order valence-electron chi connectivity index (χ2n) is 7.25. The Balaban J connectivity index is 1.37. The number of ether oxygens (including phenoxy) is 1. The third kappa shape index (κ3) is 4.40. The number of methoxy groups -OCH3 is 1. The zero-order chi connectivity index (χ0) is 20.8. The van der Waals surface area contributed by atoms with Crippen LogP contribution >= 0.6 is 0 Å². The van der Waals surface area contributed by atoms with Crippen molar-refractivity contribution in [3.63, 3.8) is 0 Å². The van der Waals surface area contributed by atoms with Crippen molar-refractivity contribution in [1.82, 2.24) is 20.4 Å². The van der Waals surface area contributed by atoms with Gasteiger partial charge in [-0.25, -0.2) is 4.68 Å². The Labute approximate surface area is 177 Å². The molecule has 0 aliphatic carbocycles. The molecule has 4 rings (SSSR count). The van der Waals surface area contributed by atoms with Crippen LogP contribution in [-0.2, 0) is 6.54 Å². The number of nitrogens with one attached hydrogen (secondary N) is 2. The molecule has 1 aliphatic rings. The summed E-state index contributed by atoms with van der Waals surface area (Å²) in [6.07, 6.45) is 4.79. The molecule has 30 heavy (non-hydrogen) atoms. The molecule has 3 aromatic rings. The summed E-state index contributed by atoms with van der Waals surface area (Å²) in [5.74, 6) is 1.72. The van der Waals surface area contributed by atoms with Crippen molar-refractivity contribution in [2.45, 2.75) is 19.0 Å². The Morgan fingerprint density at radius 2 is 1.93 bits per heavy atom. The lowest BCUT2D eigenvalue weighted by molar-refractivity contribution is 0.415. The van der Waals surface area contributed by atoms with Gasteiger partial charge in [-0.15, -0.1) is 0 Å². The van der Waals surface area contributed by atoms with E-state index >= 15 is 0 Å². The summed E-state index contributed by atoms with van der Waals surface area (Å²) in [5.41, 5.74) is 3.36. The topological polar surface area (TPSA) is 66.7 Å². The van der Waals surface area contributed by atoms with Gasteiger partial charge in [0.05, 0.1) is 18.5 Å². The molecule has 0 bridgehead atoms. The van der Waals surface area contributed by atoms with E-state index in [1.807, 2.05) is 48.3 Å². The lowest BCUT2D eigenvalue weighted by atomic mass is 10.2. The van der Waals surface area contributed by atoms with Gasteiger partial charge in [0.2, 0.25) is 0 Å². The zero-order valence-electron chi connectivity index (χ0n) is 17.5. The first-order valence-electron chi connectivity index (χ1n) is 10.2. The van der Waals surface area contributed by atoms with Crippen LogP contribution in [0.4, 0.5) is 5.69 Å². The standard InChI is InChI=1S/C23H28N6O/c1-24-23(25-16-18-8-3-4-9-20(18)29-14-7-13-26-29)27-19-12-15-28(17-19)21-10-5-6-11-22(21)30-2/h3-11,13-14,19H,12,15-17H2,1-2H3,(H2,24,25,27). The molecule has 0 spiro atoms. The molecule has 0 radical (unpaired) electrons. The molecule has 1 unspecified atom stereocenters. The van der Waals surface area contributed by atoms with Gasteiger partial charge >= 0.3 is 0 Å². The number of aliphatic imine (C=N–C) groups is 1. The number of guanidine groups is 1. The van der Waals surface area contributed by atoms with Crippen LogP contribution in [-0.4, -0.2) is 49.0 Å². The van der Waals surface area contributed by atoms with Crippen LogP contribution in [0.15, 0.2) is 72.0 Å². The molecule has 1 atom stereocenters. The second-order valence-corrected chi connectivity index (χ2v) is 7.25. The van der Waals surface area contributed by atoms with Crippen molar-refractivity contribution in [2.24, 2.45) is 4.99 Å². The third-order valence-electron chi connectivity index (χ3n) is 5.37. The predicted molar refractivity (Wildman–Crippen MR) is 121 cm³/mol. The Kier molecular flexibility index (Phi) is 6.17. The highest BCUT2D eigenvalue weighted by Crippen LogP contribution is 2.30. The minimum Gasteiger partial charge on any atom is -0.495 e. The molecule has 7 heteroatoms. The molecule has 1 fully saturated rings. The van der Waals surface area contributed by atoms with E-state index in [9.17, 15) is 0 Å². The van der Waals surface area contributed by atoms with Gasteiger partial charge in [-0.05, 0) is 36.2 Å². The fourth-order valence-corrected chi connectivity index (χ4v) is 3.85. The number of para-hydroxylation sites is 3. The third-order valence-corrected chi connectivity index (χ3v) is 5.37. The van der Waals surface area contributed by atoms with Crippen molar-refractivity contribution in [1.29, 1.82) is 0 Å². The van der Waals surface area contributed by atoms with Gasteiger partial charge in [0, 0.05) is 45.1 Å².